The summed E-state index contributed by atoms with van der Waals surface area (Å²) in [6, 6.07) is 14.3. The largest absolute Gasteiger partial charge is 0.481 e. The van der Waals surface area contributed by atoms with Crippen LogP contribution < -0.4 is 16.0 Å². The normalized spacial score (nSPS) is 11.6. The molecule has 0 saturated heterocycles. The molecule has 0 aliphatic carbocycles. The van der Waals surface area contributed by atoms with E-state index >= 15 is 0 Å². The van der Waals surface area contributed by atoms with Crippen LogP contribution in [0.2, 0.25) is 5.02 Å². The summed E-state index contributed by atoms with van der Waals surface area (Å²) >= 11 is 6.28. The van der Waals surface area contributed by atoms with Crippen LogP contribution in [0.15, 0.2) is 70.1 Å². The third-order valence-corrected chi connectivity index (χ3v) is 6.11. The molecule has 2 aromatic carbocycles. The monoisotopic (exact) mass is 471 g/mol. The van der Waals surface area contributed by atoms with Gasteiger partial charge in [0.2, 0.25) is 5.88 Å². The van der Waals surface area contributed by atoms with Crippen LogP contribution >= 0.6 is 11.6 Å². The number of pyridine rings is 2. The SMILES string of the molecule is COc1ccc(-n2c(=O)c(-c3ccc4nn(C)cc4c3)c(N)c3oc4ccc(Cl)cc4c32)cn1. The Morgan fingerprint density at radius 1 is 1.12 bits per heavy atom. The zero-order chi connectivity index (χ0) is 23.6. The maximum Gasteiger partial charge on any atom is 0.265 e. The number of aryl methyl sites for hydroxylation is 1. The van der Waals surface area contributed by atoms with Crippen molar-refractivity contribution in [2.24, 2.45) is 7.05 Å². The minimum absolute atomic E-state index is 0.258. The summed E-state index contributed by atoms with van der Waals surface area (Å²) in [5.41, 5.74) is 10.4. The fourth-order valence-corrected chi connectivity index (χ4v) is 4.53. The number of halogens is 1. The van der Waals surface area contributed by atoms with Gasteiger partial charge in [-0.15, -0.1) is 0 Å². The van der Waals surface area contributed by atoms with E-state index in [9.17, 15) is 4.79 Å². The minimum Gasteiger partial charge on any atom is -0.481 e. The van der Waals surface area contributed by atoms with Crippen molar-refractivity contribution in [1.82, 2.24) is 19.3 Å². The Hall–Kier alpha value is -4.30. The number of fused-ring (bicyclic) bond motifs is 4. The highest BCUT2D eigenvalue weighted by molar-refractivity contribution is 6.31. The predicted octanol–water partition coefficient (Wildman–Crippen LogP) is 4.93. The fourth-order valence-electron chi connectivity index (χ4n) is 4.36. The summed E-state index contributed by atoms with van der Waals surface area (Å²) in [6.07, 6.45) is 3.47. The van der Waals surface area contributed by atoms with Crippen LogP contribution in [0.3, 0.4) is 0 Å². The molecular formula is C25H18ClN5O3. The van der Waals surface area contributed by atoms with Gasteiger partial charge in [0.1, 0.15) is 11.1 Å². The molecule has 0 amide bonds. The Bertz CT molecular complexity index is 1800. The van der Waals surface area contributed by atoms with Crippen LogP contribution in [0, 0.1) is 0 Å². The van der Waals surface area contributed by atoms with Gasteiger partial charge in [-0.3, -0.25) is 14.0 Å². The number of anilines is 1. The number of hydrogen-bond acceptors (Lipinski definition) is 6. The molecule has 34 heavy (non-hydrogen) atoms. The summed E-state index contributed by atoms with van der Waals surface area (Å²) in [6.45, 7) is 0. The molecule has 0 saturated carbocycles. The molecule has 0 aliphatic rings. The van der Waals surface area contributed by atoms with E-state index in [-0.39, 0.29) is 11.2 Å². The van der Waals surface area contributed by atoms with Crippen molar-refractivity contribution >= 4 is 50.3 Å². The second-order valence-corrected chi connectivity index (χ2v) is 8.42. The van der Waals surface area contributed by atoms with E-state index in [1.165, 1.54) is 7.11 Å². The first-order valence-corrected chi connectivity index (χ1v) is 10.8. The Morgan fingerprint density at radius 2 is 1.97 bits per heavy atom. The number of aromatic nitrogens is 4. The average Bonchev–Trinajstić information content (AvgIpc) is 3.39. The highest BCUT2D eigenvalue weighted by Crippen LogP contribution is 2.38. The number of ether oxygens (including phenoxy) is 1. The number of rotatable bonds is 3. The third-order valence-electron chi connectivity index (χ3n) is 5.87. The molecule has 0 radical (unpaired) electrons. The van der Waals surface area contributed by atoms with Gasteiger partial charge >= 0.3 is 0 Å². The predicted molar refractivity (Wildman–Crippen MR) is 133 cm³/mol. The van der Waals surface area contributed by atoms with E-state index in [1.807, 2.05) is 31.4 Å². The second kappa shape index (κ2) is 7.36. The summed E-state index contributed by atoms with van der Waals surface area (Å²) in [4.78, 5) is 18.3. The fraction of sp³-hybridized carbons (Fsp3) is 0.0800. The van der Waals surface area contributed by atoms with Crippen molar-refractivity contribution in [3.8, 4) is 22.7 Å². The molecule has 168 valence electrons. The Labute approximate surface area is 197 Å². The van der Waals surface area contributed by atoms with Gasteiger partial charge in [0.15, 0.2) is 5.58 Å². The highest BCUT2D eigenvalue weighted by atomic mass is 35.5. The van der Waals surface area contributed by atoms with Gasteiger partial charge in [0.05, 0.1) is 35.8 Å². The van der Waals surface area contributed by atoms with E-state index in [0.29, 0.717) is 49.8 Å². The smallest absolute Gasteiger partial charge is 0.265 e. The molecule has 6 rings (SSSR count). The number of nitrogens with zero attached hydrogens (tertiary/aromatic N) is 4. The van der Waals surface area contributed by atoms with Crippen LogP contribution in [-0.4, -0.2) is 26.4 Å². The zero-order valence-electron chi connectivity index (χ0n) is 18.2. The van der Waals surface area contributed by atoms with E-state index in [2.05, 4.69) is 10.1 Å². The minimum atomic E-state index is -0.303. The molecule has 4 heterocycles. The molecule has 0 spiro atoms. The average molecular weight is 472 g/mol. The maximum atomic E-state index is 14.1. The summed E-state index contributed by atoms with van der Waals surface area (Å²) < 4.78 is 14.6. The van der Waals surface area contributed by atoms with Crippen LogP contribution in [0.1, 0.15) is 0 Å². The molecule has 9 heteroatoms. The molecule has 0 unspecified atom stereocenters. The van der Waals surface area contributed by atoms with Crippen molar-refractivity contribution in [3.05, 3.63) is 76.3 Å². The molecule has 0 aliphatic heterocycles. The quantitative estimate of drug-likeness (QED) is 0.392. The number of hydrogen-bond donors (Lipinski definition) is 1. The van der Waals surface area contributed by atoms with Crippen LogP contribution in [0.25, 0.3) is 49.8 Å². The van der Waals surface area contributed by atoms with Crippen LogP contribution in [-0.2, 0) is 7.05 Å². The first kappa shape index (κ1) is 20.3. The first-order valence-electron chi connectivity index (χ1n) is 10.4. The number of nitrogen functional groups attached to an aromatic ring is 1. The van der Waals surface area contributed by atoms with E-state index in [0.717, 1.165) is 10.9 Å². The number of methoxy groups -OCH3 is 1. The van der Waals surface area contributed by atoms with Crippen LogP contribution in [0.4, 0.5) is 5.69 Å². The van der Waals surface area contributed by atoms with E-state index in [1.54, 1.807) is 45.8 Å². The van der Waals surface area contributed by atoms with Crippen molar-refractivity contribution < 1.29 is 9.15 Å². The summed E-state index contributed by atoms with van der Waals surface area (Å²) in [5, 5.41) is 6.51. The lowest BCUT2D eigenvalue weighted by atomic mass is 10.0. The summed E-state index contributed by atoms with van der Waals surface area (Å²) in [7, 11) is 3.39. The number of benzene rings is 2. The number of nitrogens with two attached hydrogens (primary N) is 1. The topological polar surface area (TPSA) is 101 Å². The highest BCUT2D eigenvalue weighted by Gasteiger charge is 2.23. The third kappa shape index (κ3) is 2.96. The van der Waals surface area contributed by atoms with E-state index < -0.39 is 0 Å². The molecular weight excluding hydrogens is 454 g/mol. The molecule has 8 nitrogen and oxygen atoms in total. The van der Waals surface area contributed by atoms with Gasteiger partial charge < -0.3 is 14.9 Å². The van der Waals surface area contributed by atoms with Crippen molar-refractivity contribution in [3.63, 3.8) is 0 Å². The standard InChI is InChI=1S/C25H18ClN5O3/c1-30-12-14-9-13(3-6-18(14)29-30)21-22(27)24-23(17-10-15(26)4-7-19(17)34-24)31(25(21)32)16-5-8-20(33-2)28-11-16/h3-12H,27H2,1-2H3. The molecule has 0 atom stereocenters. The van der Waals surface area contributed by atoms with Crippen molar-refractivity contribution in [2.75, 3.05) is 12.8 Å². The van der Waals surface area contributed by atoms with Gasteiger partial charge in [0, 0.05) is 35.1 Å². The van der Waals surface area contributed by atoms with Gasteiger partial charge in [-0.05, 0) is 42.0 Å². The lowest BCUT2D eigenvalue weighted by Crippen LogP contribution is -2.22. The molecule has 0 bridgehead atoms. The van der Waals surface area contributed by atoms with Gasteiger partial charge in [-0.25, -0.2) is 4.98 Å². The molecule has 0 fully saturated rings. The lowest BCUT2D eigenvalue weighted by Gasteiger charge is -2.13. The van der Waals surface area contributed by atoms with Gasteiger partial charge in [-0.2, -0.15) is 5.10 Å². The zero-order valence-corrected chi connectivity index (χ0v) is 19.0. The molecule has 4 aromatic heterocycles. The second-order valence-electron chi connectivity index (χ2n) is 7.98. The molecule has 6 aromatic rings. The number of furan rings is 1. The van der Waals surface area contributed by atoms with Gasteiger partial charge in [-0.1, -0.05) is 17.7 Å². The summed E-state index contributed by atoms with van der Waals surface area (Å²) in [5.74, 6) is 0.436. The Balaban J connectivity index is 1.75. The maximum absolute atomic E-state index is 14.1. The van der Waals surface area contributed by atoms with Crippen molar-refractivity contribution in [2.45, 2.75) is 0 Å². The first-order chi connectivity index (χ1) is 16.4. The van der Waals surface area contributed by atoms with Crippen molar-refractivity contribution in [1.29, 1.82) is 0 Å². The Morgan fingerprint density at radius 3 is 2.74 bits per heavy atom. The van der Waals surface area contributed by atoms with Crippen LogP contribution in [0.5, 0.6) is 5.88 Å². The van der Waals surface area contributed by atoms with E-state index in [4.69, 9.17) is 26.5 Å². The van der Waals surface area contributed by atoms with Gasteiger partial charge in [0.25, 0.3) is 5.56 Å². The molecule has 2 N–H and O–H groups in total. The Kier molecular flexibility index (Phi) is 4.40. The lowest BCUT2D eigenvalue weighted by molar-refractivity contribution is 0.398.